The largest absolute Gasteiger partial charge is 0.497 e. The fraction of sp³-hybridized carbons (Fsp3) is 0.421. The molecule has 0 N–H and O–H groups in total. The van der Waals surface area contributed by atoms with E-state index in [-0.39, 0.29) is 5.92 Å². The van der Waals surface area contributed by atoms with Gasteiger partial charge >= 0.3 is 0 Å². The molecule has 2 heterocycles. The van der Waals surface area contributed by atoms with E-state index in [9.17, 15) is 8.42 Å². The van der Waals surface area contributed by atoms with Crippen molar-refractivity contribution in [3.63, 3.8) is 0 Å². The molecule has 25 heavy (non-hydrogen) atoms. The van der Waals surface area contributed by atoms with Gasteiger partial charge in [0.1, 0.15) is 5.75 Å². The smallest absolute Gasteiger partial charge is 0.177 e. The van der Waals surface area contributed by atoms with E-state index >= 15 is 0 Å². The number of piperidine rings is 1. The second-order valence-electron chi connectivity index (χ2n) is 6.58. The van der Waals surface area contributed by atoms with E-state index in [1.165, 1.54) is 11.8 Å². The fourth-order valence-corrected chi connectivity index (χ4v) is 4.40. The number of hydrogen-bond acceptors (Lipinski definition) is 5. The van der Waals surface area contributed by atoms with Crippen LogP contribution in [0.5, 0.6) is 5.75 Å². The number of ether oxygens (including phenoxy) is 1. The minimum Gasteiger partial charge on any atom is -0.497 e. The van der Waals surface area contributed by atoms with Crippen LogP contribution >= 0.6 is 0 Å². The Morgan fingerprint density at radius 1 is 1.28 bits per heavy atom. The summed E-state index contributed by atoms with van der Waals surface area (Å²) < 4.78 is 29.4. The summed E-state index contributed by atoms with van der Waals surface area (Å²) in [6, 6.07) is 11.4. The Labute approximate surface area is 149 Å². The Morgan fingerprint density at radius 2 is 2.12 bits per heavy atom. The van der Waals surface area contributed by atoms with Crippen LogP contribution in [0, 0.1) is 0 Å². The van der Waals surface area contributed by atoms with Gasteiger partial charge in [0.25, 0.3) is 0 Å². The molecular formula is C19H24N2O3S. The molecule has 3 rings (SSSR count). The molecular weight excluding hydrogens is 336 g/mol. The third kappa shape index (κ3) is 4.38. The molecule has 1 aliphatic rings. The Hall–Kier alpha value is -1.92. The summed E-state index contributed by atoms with van der Waals surface area (Å²) >= 11 is 0. The van der Waals surface area contributed by atoms with Gasteiger partial charge < -0.3 is 4.74 Å². The molecule has 0 spiro atoms. The molecule has 1 atom stereocenters. The Balaban J connectivity index is 1.78. The maximum Gasteiger partial charge on any atom is 0.177 e. The van der Waals surface area contributed by atoms with Gasteiger partial charge in [-0.15, -0.1) is 0 Å². The zero-order valence-corrected chi connectivity index (χ0v) is 15.5. The second-order valence-corrected chi connectivity index (χ2v) is 8.57. The molecule has 1 fully saturated rings. The van der Waals surface area contributed by atoms with Gasteiger partial charge in [-0.05, 0) is 49.2 Å². The van der Waals surface area contributed by atoms with Gasteiger partial charge in [0.15, 0.2) is 9.84 Å². The van der Waals surface area contributed by atoms with Crippen molar-refractivity contribution in [3.05, 3.63) is 53.9 Å². The van der Waals surface area contributed by atoms with Gasteiger partial charge in [-0.1, -0.05) is 12.1 Å². The summed E-state index contributed by atoms with van der Waals surface area (Å²) in [5.74, 6) is 1.00. The van der Waals surface area contributed by atoms with Crippen LogP contribution < -0.4 is 4.74 Å². The Kier molecular flexibility index (Phi) is 5.39. The van der Waals surface area contributed by atoms with Crippen LogP contribution in [0.4, 0.5) is 0 Å². The Bertz CT molecular complexity index is 836. The van der Waals surface area contributed by atoms with E-state index in [0.717, 1.165) is 38.2 Å². The van der Waals surface area contributed by atoms with E-state index in [1.807, 2.05) is 18.2 Å². The lowest BCUT2D eigenvalue weighted by atomic mass is 9.94. The van der Waals surface area contributed by atoms with Gasteiger partial charge in [-0.2, -0.15) is 0 Å². The van der Waals surface area contributed by atoms with Gasteiger partial charge in [0, 0.05) is 31.5 Å². The van der Waals surface area contributed by atoms with Crippen molar-refractivity contribution < 1.29 is 13.2 Å². The highest BCUT2D eigenvalue weighted by molar-refractivity contribution is 7.90. The van der Waals surface area contributed by atoms with Crippen molar-refractivity contribution >= 4 is 9.84 Å². The van der Waals surface area contributed by atoms with Crippen molar-refractivity contribution in [3.8, 4) is 5.75 Å². The molecule has 0 amide bonds. The molecule has 134 valence electrons. The first-order chi connectivity index (χ1) is 12.0. The highest BCUT2D eigenvalue weighted by atomic mass is 32.2. The van der Waals surface area contributed by atoms with E-state index < -0.39 is 9.84 Å². The van der Waals surface area contributed by atoms with E-state index in [0.29, 0.717) is 10.6 Å². The number of pyridine rings is 1. The number of nitrogens with zero attached hydrogens (tertiary/aromatic N) is 2. The third-order valence-corrected chi connectivity index (χ3v) is 5.78. The highest BCUT2D eigenvalue weighted by Crippen LogP contribution is 2.30. The van der Waals surface area contributed by atoms with Crippen molar-refractivity contribution in [2.75, 3.05) is 26.5 Å². The highest BCUT2D eigenvalue weighted by Gasteiger charge is 2.27. The number of rotatable bonds is 5. The molecule has 1 aliphatic heterocycles. The number of benzene rings is 1. The monoisotopic (exact) mass is 360 g/mol. The number of likely N-dealkylation sites (tertiary alicyclic amines) is 1. The zero-order chi connectivity index (χ0) is 17.9. The normalized spacial score (nSPS) is 18.9. The topological polar surface area (TPSA) is 59.5 Å². The van der Waals surface area contributed by atoms with Crippen LogP contribution in [-0.2, 0) is 16.4 Å². The maximum atomic E-state index is 12.1. The maximum absolute atomic E-state index is 12.1. The van der Waals surface area contributed by atoms with Gasteiger partial charge in [-0.3, -0.25) is 9.88 Å². The minimum absolute atomic E-state index is 0.144. The second kappa shape index (κ2) is 7.54. The molecule has 0 bridgehead atoms. The third-order valence-electron chi connectivity index (χ3n) is 4.63. The average molecular weight is 360 g/mol. The number of hydrogen-bond donors (Lipinski definition) is 0. The van der Waals surface area contributed by atoms with Gasteiger partial charge in [0.2, 0.25) is 0 Å². The van der Waals surface area contributed by atoms with E-state index in [1.54, 1.807) is 25.4 Å². The first kappa shape index (κ1) is 17.9. The summed E-state index contributed by atoms with van der Waals surface area (Å²) in [4.78, 5) is 7.14. The summed E-state index contributed by atoms with van der Waals surface area (Å²) in [5.41, 5.74) is 1.91. The molecule has 5 nitrogen and oxygen atoms in total. The van der Waals surface area contributed by atoms with E-state index in [2.05, 4.69) is 16.0 Å². The minimum atomic E-state index is -3.27. The van der Waals surface area contributed by atoms with Crippen molar-refractivity contribution in [1.29, 1.82) is 0 Å². The first-order valence-electron chi connectivity index (χ1n) is 8.47. The van der Waals surface area contributed by atoms with Crippen LogP contribution in [0.3, 0.4) is 0 Å². The number of aromatic nitrogens is 1. The molecule has 1 saturated heterocycles. The first-order valence-corrected chi connectivity index (χ1v) is 10.4. The summed E-state index contributed by atoms with van der Waals surface area (Å²) in [6.07, 6.45) is 4.94. The predicted octanol–water partition coefficient (Wildman–Crippen LogP) is 2.87. The molecule has 2 aromatic rings. The summed E-state index contributed by atoms with van der Waals surface area (Å²) in [6.45, 7) is 2.65. The lowest BCUT2D eigenvalue weighted by Crippen LogP contribution is -2.34. The molecule has 6 heteroatoms. The van der Waals surface area contributed by atoms with E-state index in [4.69, 9.17) is 4.74 Å². The molecule has 1 aromatic carbocycles. The lowest BCUT2D eigenvalue weighted by molar-refractivity contribution is 0.197. The van der Waals surface area contributed by atoms with Crippen LogP contribution in [0.25, 0.3) is 0 Å². The standard InChI is InChI=1S/C19H24N2O3S/c1-24-17-8-3-6-15(12-17)13-21-11-5-7-16(14-21)19-18(25(2,22)23)9-4-10-20-19/h3-4,6,8-10,12,16H,5,7,11,13-14H2,1-2H3. The van der Waals surface area contributed by atoms with Gasteiger partial charge in [0.05, 0.1) is 17.7 Å². The van der Waals surface area contributed by atoms with Crippen molar-refractivity contribution in [2.24, 2.45) is 0 Å². The van der Waals surface area contributed by atoms with Crippen molar-refractivity contribution in [2.45, 2.75) is 30.2 Å². The summed E-state index contributed by atoms with van der Waals surface area (Å²) in [7, 11) is -1.60. The fourth-order valence-electron chi connectivity index (χ4n) is 3.47. The van der Waals surface area contributed by atoms with Gasteiger partial charge in [-0.25, -0.2) is 8.42 Å². The molecule has 0 radical (unpaired) electrons. The SMILES string of the molecule is COc1cccc(CN2CCCC(c3ncccc3S(C)(=O)=O)C2)c1. The predicted molar refractivity (Wildman–Crippen MR) is 97.6 cm³/mol. The quantitative estimate of drug-likeness (QED) is 0.820. The molecule has 1 unspecified atom stereocenters. The number of methoxy groups -OCH3 is 1. The molecule has 0 saturated carbocycles. The molecule has 0 aliphatic carbocycles. The van der Waals surface area contributed by atoms with Crippen LogP contribution in [0.1, 0.15) is 30.0 Å². The lowest BCUT2D eigenvalue weighted by Gasteiger charge is -2.33. The van der Waals surface area contributed by atoms with Crippen LogP contribution in [0.2, 0.25) is 0 Å². The molecule has 1 aromatic heterocycles. The van der Waals surface area contributed by atoms with Crippen molar-refractivity contribution in [1.82, 2.24) is 9.88 Å². The Morgan fingerprint density at radius 3 is 2.88 bits per heavy atom. The van der Waals surface area contributed by atoms with Crippen LogP contribution in [0.15, 0.2) is 47.5 Å². The number of sulfone groups is 1. The van der Waals surface area contributed by atoms with Crippen LogP contribution in [-0.4, -0.2) is 44.8 Å². The zero-order valence-electron chi connectivity index (χ0n) is 14.7. The summed E-state index contributed by atoms with van der Waals surface area (Å²) in [5, 5.41) is 0. The average Bonchev–Trinajstić information content (AvgIpc) is 2.61.